The lowest BCUT2D eigenvalue weighted by Crippen LogP contribution is -2.38. The number of thioether (sulfide) groups is 1. The highest BCUT2D eigenvalue weighted by atomic mass is 32.2. The first kappa shape index (κ1) is 19.3. The molecule has 1 atom stereocenters. The highest BCUT2D eigenvalue weighted by molar-refractivity contribution is 7.98. The van der Waals surface area contributed by atoms with Gasteiger partial charge in [0.25, 0.3) is 5.91 Å². The van der Waals surface area contributed by atoms with Crippen LogP contribution in [0.3, 0.4) is 0 Å². The third kappa shape index (κ3) is 5.79. The Morgan fingerprint density at radius 1 is 1.36 bits per heavy atom. The number of rotatable bonds is 9. The van der Waals surface area contributed by atoms with E-state index >= 15 is 0 Å². The molecule has 6 nitrogen and oxygen atoms in total. The second-order valence-corrected chi connectivity index (χ2v) is 6.98. The highest BCUT2D eigenvalue weighted by Crippen LogP contribution is 2.22. The molecule has 0 aliphatic rings. The molecule has 136 valence electrons. The summed E-state index contributed by atoms with van der Waals surface area (Å²) in [4.78, 5) is 12.3. The number of hydrogen-bond donors (Lipinski definition) is 3. The zero-order valence-corrected chi connectivity index (χ0v) is 15.6. The van der Waals surface area contributed by atoms with Gasteiger partial charge in [-0.15, -0.1) is 0 Å². The smallest absolute Gasteiger partial charge is 0.269 e. The minimum atomic E-state index is -0.265. The van der Waals surface area contributed by atoms with E-state index in [0.29, 0.717) is 11.4 Å². The number of carbonyl (C=O) groups is 1. The van der Waals surface area contributed by atoms with E-state index in [-0.39, 0.29) is 24.7 Å². The summed E-state index contributed by atoms with van der Waals surface area (Å²) in [6, 6.07) is 9.03. The molecule has 1 amide bonds. The van der Waals surface area contributed by atoms with Crippen LogP contribution in [0.1, 0.15) is 30.8 Å². The molecule has 0 aliphatic carbocycles. The van der Waals surface area contributed by atoms with Gasteiger partial charge < -0.3 is 15.2 Å². The number of aliphatic hydroxyl groups is 1. The first-order valence-electron chi connectivity index (χ1n) is 8.26. The number of aliphatic hydroxyl groups excluding tert-OH is 1. The van der Waals surface area contributed by atoms with Crippen LogP contribution in [0.25, 0.3) is 11.3 Å². The summed E-state index contributed by atoms with van der Waals surface area (Å²) in [6.45, 7) is 3.88. The van der Waals surface area contributed by atoms with E-state index in [1.807, 2.05) is 44.4 Å². The van der Waals surface area contributed by atoms with Crippen LogP contribution >= 0.6 is 11.8 Å². The molecule has 0 aliphatic heterocycles. The molecular weight excluding hydrogens is 338 g/mol. The Hall–Kier alpha value is -1.99. The zero-order chi connectivity index (χ0) is 18.2. The van der Waals surface area contributed by atoms with Crippen molar-refractivity contribution in [3.05, 3.63) is 36.0 Å². The molecule has 1 aromatic carbocycles. The normalized spacial score (nSPS) is 12.2. The Balaban J connectivity index is 2.02. The van der Waals surface area contributed by atoms with E-state index in [9.17, 15) is 9.90 Å². The van der Waals surface area contributed by atoms with Gasteiger partial charge in [-0.25, -0.2) is 0 Å². The van der Waals surface area contributed by atoms with E-state index in [1.165, 1.54) is 0 Å². The van der Waals surface area contributed by atoms with Crippen LogP contribution in [0.2, 0.25) is 0 Å². The van der Waals surface area contributed by atoms with Crippen molar-refractivity contribution in [3.63, 3.8) is 0 Å². The van der Waals surface area contributed by atoms with Crippen molar-refractivity contribution in [1.82, 2.24) is 15.5 Å². The molecule has 1 heterocycles. The summed E-state index contributed by atoms with van der Waals surface area (Å²) in [7, 11) is 0. The lowest BCUT2D eigenvalue weighted by atomic mass is 10.1. The Morgan fingerprint density at radius 2 is 2.08 bits per heavy atom. The van der Waals surface area contributed by atoms with Gasteiger partial charge in [0.2, 0.25) is 0 Å². The summed E-state index contributed by atoms with van der Waals surface area (Å²) in [5.41, 5.74) is 1.96. The van der Waals surface area contributed by atoms with Gasteiger partial charge in [-0.2, -0.15) is 16.9 Å². The molecule has 0 saturated heterocycles. The fourth-order valence-corrected chi connectivity index (χ4v) is 2.81. The molecule has 0 unspecified atom stereocenters. The first-order chi connectivity index (χ1) is 12.0. The maximum Gasteiger partial charge on any atom is 0.269 e. The van der Waals surface area contributed by atoms with E-state index in [1.54, 1.807) is 17.8 Å². The predicted octanol–water partition coefficient (Wildman–Crippen LogP) is 2.71. The molecule has 3 N–H and O–H groups in total. The maximum absolute atomic E-state index is 12.3. The highest BCUT2D eigenvalue weighted by Gasteiger charge is 2.15. The average molecular weight is 363 g/mol. The summed E-state index contributed by atoms with van der Waals surface area (Å²) >= 11 is 1.68. The van der Waals surface area contributed by atoms with Crippen LogP contribution < -0.4 is 10.1 Å². The van der Waals surface area contributed by atoms with Crippen LogP contribution in [-0.4, -0.2) is 52.0 Å². The van der Waals surface area contributed by atoms with Gasteiger partial charge in [-0.05, 0) is 62.6 Å². The van der Waals surface area contributed by atoms with E-state index in [2.05, 4.69) is 15.5 Å². The van der Waals surface area contributed by atoms with Crippen molar-refractivity contribution >= 4 is 17.7 Å². The van der Waals surface area contributed by atoms with E-state index in [0.717, 1.165) is 23.5 Å². The van der Waals surface area contributed by atoms with Crippen molar-refractivity contribution in [2.24, 2.45) is 0 Å². The van der Waals surface area contributed by atoms with E-state index < -0.39 is 0 Å². The van der Waals surface area contributed by atoms with Crippen molar-refractivity contribution < 1.29 is 14.6 Å². The fraction of sp³-hybridized carbons (Fsp3) is 0.444. The Bertz CT molecular complexity index is 670. The fourth-order valence-electron chi connectivity index (χ4n) is 2.29. The van der Waals surface area contributed by atoms with Gasteiger partial charge in [0, 0.05) is 5.56 Å². The third-order valence-electron chi connectivity index (χ3n) is 3.57. The zero-order valence-electron chi connectivity index (χ0n) is 14.8. The van der Waals surface area contributed by atoms with Gasteiger partial charge in [0.15, 0.2) is 0 Å². The number of aromatic amines is 1. The second-order valence-electron chi connectivity index (χ2n) is 5.99. The molecule has 25 heavy (non-hydrogen) atoms. The Morgan fingerprint density at radius 3 is 2.68 bits per heavy atom. The lowest BCUT2D eigenvalue weighted by Gasteiger charge is -2.14. The number of nitrogens with zero attached hydrogens (tertiary/aromatic N) is 1. The topological polar surface area (TPSA) is 87.2 Å². The quantitative estimate of drug-likeness (QED) is 0.638. The number of H-pyrrole nitrogens is 1. The number of aromatic nitrogens is 2. The monoisotopic (exact) mass is 363 g/mol. The molecule has 1 aromatic heterocycles. The number of benzene rings is 1. The largest absolute Gasteiger partial charge is 0.491 e. The summed E-state index contributed by atoms with van der Waals surface area (Å²) in [5, 5.41) is 19.1. The first-order valence-corrected chi connectivity index (χ1v) is 9.66. The number of carbonyl (C=O) groups excluding carboxylic acids is 1. The van der Waals surface area contributed by atoms with Crippen LogP contribution in [0.5, 0.6) is 5.75 Å². The van der Waals surface area contributed by atoms with Crippen molar-refractivity contribution in [2.45, 2.75) is 32.4 Å². The molecular formula is C18H25N3O3S. The molecule has 0 spiro atoms. The van der Waals surface area contributed by atoms with Crippen LogP contribution in [0.15, 0.2) is 30.3 Å². The van der Waals surface area contributed by atoms with Crippen molar-refractivity contribution in [2.75, 3.05) is 18.6 Å². The van der Waals surface area contributed by atoms with Crippen molar-refractivity contribution in [1.29, 1.82) is 0 Å². The van der Waals surface area contributed by atoms with Gasteiger partial charge in [0.1, 0.15) is 11.4 Å². The third-order valence-corrected chi connectivity index (χ3v) is 4.21. The number of hydrogen-bond acceptors (Lipinski definition) is 5. The Labute approximate surface area is 152 Å². The molecule has 0 saturated carbocycles. The Kier molecular flexibility index (Phi) is 7.33. The van der Waals surface area contributed by atoms with Gasteiger partial charge >= 0.3 is 0 Å². The van der Waals surface area contributed by atoms with Gasteiger partial charge in [-0.3, -0.25) is 9.89 Å². The van der Waals surface area contributed by atoms with Gasteiger partial charge in [-0.1, -0.05) is 0 Å². The predicted molar refractivity (Wildman–Crippen MR) is 101 cm³/mol. The lowest BCUT2D eigenvalue weighted by molar-refractivity contribution is 0.0910. The molecule has 7 heteroatoms. The van der Waals surface area contributed by atoms with E-state index in [4.69, 9.17) is 4.74 Å². The molecule has 0 radical (unpaired) electrons. The summed E-state index contributed by atoms with van der Waals surface area (Å²) < 4.78 is 5.62. The number of amides is 1. The SMILES string of the molecule is CSCC[C@@H](CO)NC(=O)c1cc(-c2ccc(OC(C)C)cc2)n[nH]1. The van der Waals surface area contributed by atoms with Crippen LogP contribution in [0.4, 0.5) is 0 Å². The summed E-state index contributed by atoms with van der Waals surface area (Å²) in [5.74, 6) is 1.41. The maximum atomic E-state index is 12.3. The molecule has 2 aromatic rings. The van der Waals surface area contributed by atoms with Crippen LogP contribution in [0, 0.1) is 0 Å². The minimum Gasteiger partial charge on any atom is -0.491 e. The minimum absolute atomic E-state index is 0.0788. The van der Waals surface area contributed by atoms with Crippen molar-refractivity contribution in [3.8, 4) is 17.0 Å². The standard InChI is InChI=1S/C18H25N3O3S/c1-12(2)24-15-6-4-13(5-7-15)16-10-17(21-20-16)18(23)19-14(11-22)8-9-25-3/h4-7,10,12,14,22H,8-9,11H2,1-3H3,(H,19,23)(H,20,21)/t14-/m0/s1. The number of ether oxygens (including phenoxy) is 1. The average Bonchev–Trinajstić information content (AvgIpc) is 3.08. The van der Waals surface area contributed by atoms with Crippen LogP contribution in [-0.2, 0) is 0 Å². The number of nitrogens with one attached hydrogen (secondary N) is 2. The molecule has 0 bridgehead atoms. The molecule has 2 rings (SSSR count). The van der Waals surface area contributed by atoms with Gasteiger partial charge in [0.05, 0.1) is 24.4 Å². The molecule has 0 fully saturated rings. The summed E-state index contributed by atoms with van der Waals surface area (Å²) in [6.07, 6.45) is 2.84. The second kappa shape index (κ2) is 9.48.